The summed E-state index contributed by atoms with van der Waals surface area (Å²) in [4.78, 5) is 0. The van der Waals surface area contributed by atoms with Crippen LogP contribution in [0.2, 0.25) is 5.02 Å². The van der Waals surface area contributed by atoms with Crippen LogP contribution in [0.3, 0.4) is 0 Å². The number of anilines is 1. The number of hydrogen-bond donors (Lipinski definition) is 1. The Labute approximate surface area is 124 Å². The third-order valence-corrected chi connectivity index (χ3v) is 3.51. The highest BCUT2D eigenvalue weighted by Crippen LogP contribution is 2.36. The van der Waals surface area contributed by atoms with Gasteiger partial charge in [-0.15, -0.1) is 0 Å². The van der Waals surface area contributed by atoms with E-state index >= 15 is 0 Å². The lowest BCUT2D eigenvalue weighted by Crippen LogP contribution is -2.06. The molecule has 0 radical (unpaired) electrons. The number of halogens is 1. The second-order valence-corrected chi connectivity index (χ2v) is 4.73. The van der Waals surface area contributed by atoms with Crippen LogP contribution in [0.5, 0.6) is 11.5 Å². The van der Waals surface area contributed by atoms with Crippen molar-refractivity contribution in [3.05, 3.63) is 41.2 Å². The van der Waals surface area contributed by atoms with Crippen LogP contribution >= 0.6 is 11.6 Å². The average molecular weight is 295 g/mol. The summed E-state index contributed by atoms with van der Waals surface area (Å²) in [5.41, 5.74) is 2.03. The predicted octanol–water partition coefficient (Wildman–Crippen LogP) is 3.79. The summed E-state index contributed by atoms with van der Waals surface area (Å²) < 4.78 is 12.7. The molecule has 1 heterocycles. The third-order valence-electron chi connectivity index (χ3n) is 3.20. The van der Waals surface area contributed by atoms with Crippen LogP contribution in [-0.2, 0) is 13.1 Å². The second-order valence-electron chi connectivity index (χ2n) is 4.33. The van der Waals surface area contributed by atoms with Gasteiger partial charge < -0.3 is 19.4 Å². The second kappa shape index (κ2) is 6.57. The minimum atomic E-state index is 0.609. The highest BCUT2D eigenvalue weighted by molar-refractivity contribution is 6.33. The molecule has 1 N–H and O–H groups in total. The van der Waals surface area contributed by atoms with Crippen molar-refractivity contribution in [2.24, 2.45) is 0 Å². The summed E-state index contributed by atoms with van der Waals surface area (Å²) >= 11 is 6.25. The lowest BCUT2D eigenvalue weighted by atomic mass is 10.2. The summed E-state index contributed by atoms with van der Waals surface area (Å²) in [5, 5.41) is 3.94. The normalized spacial score (nSPS) is 10.4. The van der Waals surface area contributed by atoms with Gasteiger partial charge in [0.05, 0.1) is 31.5 Å². The fraction of sp³-hybridized carbons (Fsp3) is 0.333. The molecule has 108 valence electrons. The number of nitrogens with one attached hydrogen (secondary N) is 1. The van der Waals surface area contributed by atoms with Crippen LogP contribution < -0.4 is 14.8 Å². The first-order valence-electron chi connectivity index (χ1n) is 6.49. The van der Waals surface area contributed by atoms with Crippen LogP contribution in [-0.4, -0.2) is 18.8 Å². The molecule has 5 heteroatoms. The van der Waals surface area contributed by atoms with Gasteiger partial charge >= 0.3 is 0 Å². The molecule has 0 saturated carbocycles. The Bertz CT molecular complexity index is 581. The van der Waals surface area contributed by atoms with Crippen molar-refractivity contribution in [1.29, 1.82) is 0 Å². The molecular weight excluding hydrogens is 276 g/mol. The van der Waals surface area contributed by atoms with Crippen LogP contribution in [0.25, 0.3) is 0 Å². The molecule has 20 heavy (non-hydrogen) atoms. The Hall–Kier alpha value is -1.81. The number of aryl methyl sites for hydroxylation is 1. The van der Waals surface area contributed by atoms with Crippen LogP contribution in [0.15, 0.2) is 30.5 Å². The van der Waals surface area contributed by atoms with Crippen molar-refractivity contribution < 1.29 is 9.47 Å². The monoisotopic (exact) mass is 294 g/mol. The van der Waals surface area contributed by atoms with Gasteiger partial charge in [-0.1, -0.05) is 11.6 Å². The fourth-order valence-electron chi connectivity index (χ4n) is 2.09. The van der Waals surface area contributed by atoms with Gasteiger partial charge in [0.15, 0.2) is 11.5 Å². The Kier molecular flexibility index (Phi) is 4.79. The van der Waals surface area contributed by atoms with Crippen molar-refractivity contribution >= 4 is 17.3 Å². The highest BCUT2D eigenvalue weighted by Gasteiger charge is 2.10. The molecule has 0 amide bonds. The van der Waals surface area contributed by atoms with Crippen LogP contribution in [0, 0.1) is 0 Å². The van der Waals surface area contributed by atoms with E-state index in [1.807, 2.05) is 12.1 Å². The largest absolute Gasteiger partial charge is 0.493 e. The van der Waals surface area contributed by atoms with Gasteiger partial charge in [0.1, 0.15) is 0 Å². The van der Waals surface area contributed by atoms with Gasteiger partial charge in [-0.25, -0.2) is 0 Å². The molecule has 4 nitrogen and oxygen atoms in total. The summed E-state index contributed by atoms with van der Waals surface area (Å²) in [5.74, 6) is 1.28. The predicted molar refractivity (Wildman–Crippen MR) is 82.0 cm³/mol. The zero-order chi connectivity index (χ0) is 14.5. The summed E-state index contributed by atoms with van der Waals surface area (Å²) in [7, 11) is 3.20. The molecule has 0 unspecified atom stereocenters. The molecule has 2 rings (SSSR count). The third kappa shape index (κ3) is 3.02. The molecule has 0 saturated heterocycles. The van der Waals surface area contributed by atoms with Gasteiger partial charge in [0, 0.05) is 30.6 Å². The lowest BCUT2D eigenvalue weighted by Gasteiger charge is -2.14. The Morgan fingerprint density at radius 2 is 1.90 bits per heavy atom. The minimum absolute atomic E-state index is 0.609. The molecule has 0 aliphatic carbocycles. The van der Waals surface area contributed by atoms with Crippen molar-refractivity contribution in [3.63, 3.8) is 0 Å². The summed E-state index contributed by atoms with van der Waals surface area (Å²) in [6.45, 7) is 3.77. The molecule has 0 aliphatic heterocycles. The van der Waals surface area contributed by atoms with E-state index < -0.39 is 0 Å². The zero-order valence-electron chi connectivity index (χ0n) is 11.9. The van der Waals surface area contributed by atoms with Crippen molar-refractivity contribution in [1.82, 2.24) is 4.57 Å². The van der Waals surface area contributed by atoms with E-state index in [0.29, 0.717) is 23.1 Å². The van der Waals surface area contributed by atoms with E-state index in [0.717, 1.165) is 12.2 Å². The number of rotatable bonds is 6. The number of ether oxygens (including phenoxy) is 2. The number of hydrogen-bond acceptors (Lipinski definition) is 3. The van der Waals surface area contributed by atoms with E-state index in [4.69, 9.17) is 21.1 Å². The molecular formula is C15H19ClN2O2. The van der Waals surface area contributed by atoms with Gasteiger partial charge in [-0.3, -0.25) is 0 Å². The molecule has 2 aromatic rings. The number of methoxy groups -OCH3 is 2. The molecule has 0 spiro atoms. The first-order valence-corrected chi connectivity index (χ1v) is 6.86. The molecule has 1 aromatic carbocycles. The maximum absolute atomic E-state index is 6.25. The molecule has 0 aliphatic rings. The molecule has 0 fully saturated rings. The van der Waals surface area contributed by atoms with E-state index in [1.165, 1.54) is 5.69 Å². The van der Waals surface area contributed by atoms with Crippen molar-refractivity contribution in [2.45, 2.75) is 20.0 Å². The van der Waals surface area contributed by atoms with Crippen molar-refractivity contribution in [3.8, 4) is 11.5 Å². The van der Waals surface area contributed by atoms with Gasteiger partial charge in [0.2, 0.25) is 0 Å². The van der Waals surface area contributed by atoms with Crippen LogP contribution in [0.1, 0.15) is 12.6 Å². The van der Waals surface area contributed by atoms with E-state index in [1.54, 1.807) is 20.3 Å². The van der Waals surface area contributed by atoms with Gasteiger partial charge in [0.25, 0.3) is 0 Å². The maximum Gasteiger partial charge on any atom is 0.162 e. The quantitative estimate of drug-likeness (QED) is 0.880. The summed E-state index contributed by atoms with van der Waals surface area (Å²) in [6, 6.07) is 7.73. The highest BCUT2D eigenvalue weighted by atomic mass is 35.5. The molecule has 1 aromatic heterocycles. The van der Waals surface area contributed by atoms with Gasteiger partial charge in [-0.2, -0.15) is 0 Å². The van der Waals surface area contributed by atoms with E-state index in [9.17, 15) is 0 Å². The first kappa shape index (κ1) is 14.6. The Balaban J connectivity index is 2.17. The topological polar surface area (TPSA) is 35.4 Å². The van der Waals surface area contributed by atoms with Crippen LogP contribution in [0.4, 0.5) is 5.69 Å². The molecule has 0 atom stereocenters. The number of benzene rings is 1. The summed E-state index contributed by atoms with van der Waals surface area (Å²) in [6.07, 6.45) is 2.06. The standard InChI is InChI=1S/C15H19ClN2O2/c1-4-18-7-5-6-11(18)10-17-13-9-15(20-3)14(19-2)8-12(13)16/h5-9,17H,4,10H2,1-3H3. The number of aromatic nitrogens is 1. The van der Waals surface area contributed by atoms with Crippen molar-refractivity contribution in [2.75, 3.05) is 19.5 Å². The minimum Gasteiger partial charge on any atom is -0.493 e. The Morgan fingerprint density at radius 3 is 2.55 bits per heavy atom. The SMILES string of the molecule is CCn1cccc1CNc1cc(OC)c(OC)cc1Cl. The number of nitrogens with zero attached hydrogens (tertiary/aromatic N) is 1. The smallest absolute Gasteiger partial charge is 0.162 e. The lowest BCUT2D eigenvalue weighted by molar-refractivity contribution is 0.355. The Morgan fingerprint density at radius 1 is 1.20 bits per heavy atom. The maximum atomic E-state index is 6.25. The van der Waals surface area contributed by atoms with E-state index in [2.05, 4.69) is 29.1 Å². The fourth-order valence-corrected chi connectivity index (χ4v) is 2.31. The first-order chi connectivity index (χ1) is 9.69. The average Bonchev–Trinajstić information content (AvgIpc) is 2.93. The zero-order valence-corrected chi connectivity index (χ0v) is 12.7. The molecule has 0 bridgehead atoms. The van der Waals surface area contributed by atoms with Gasteiger partial charge in [-0.05, 0) is 19.1 Å². The van der Waals surface area contributed by atoms with E-state index in [-0.39, 0.29) is 0 Å².